The predicted molar refractivity (Wildman–Crippen MR) is 76.4 cm³/mol. The van der Waals surface area contributed by atoms with Crippen LogP contribution in [0.15, 0.2) is 34.6 Å². The highest BCUT2D eigenvalue weighted by Gasteiger charge is 2.30. The molecule has 0 atom stereocenters. The molecule has 2 aliphatic rings. The van der Waals surface area contributed by atoms with E-state index in [0.29, 0.717) is 6.42 Å². The van der Waals surface area contributed by atoms with Gasteiger partial charge in [-0.15, -0.1) is 0 Å². The second kappa shape index (κ2) is 5.97. The summed E-state index contributed by atoms with van der Waals surface area (Å²) < 4.78 is 0.799. The normalized spacial score (nSPS) is 20.9. The van der Waals surface area contributed by atoms with Gasteiger partial charge in [-0.05, 0) is 6.92 Å². The first-order valence-electron chi connectivity index (χ1n) is 5.17. The summed E-state index contributed by atoms with van der Waals surface area (Å²) in [4.78, 5) is 22.3. The van der Waals surface area contributed by atoms with E-state index in [2.05, 4.69) is 11.9 Å². The molecule has 1 aliphatic heterocycles. The van der Waals surface area contributed by atoms with Gasteiger partial charge < -0.3 is 10.4 Å². The number of hydrogen-bond acceptors (Lipinski definition) is 6. The van der Waals surface area contributed by atoms with Gasteiger partial charge in [-0.2, -0.15) is 0 Å². The number of nitrogens with one attached hydrogen (secondary N) is 1. The van der Waals surface area contributed by atoms with Gasteiger partial charge >= 0.3 is 0 Å². The molecule has 0 amide bonds. The molecule has 0 radical (unpaired) electrons. The van der Waals surface area contributed by atoms with Gasteiger partial charge in [0.2, 0.25) is 5.78 Å². The van der Waals surface area contributed by atoms with Gasteiger partial charge in [0.05, 0.1) is 21.1 Å². The minimum atomic E-state index is -0.199. The van der Waals surface area contributed by atoms with Crippen LogP contribution in [0.2, 0.25) is 0 Å². The third-order valence-corrected chi connectivity index (χ3v) is 3.79. The molecule has 18 heavy (non-hydrogen) atoms. The molecular formula is C12H13NO3S2. The number of aliphatic hydroxyl groups excluding tert-OH is 1. The Bertz CT molecular complexity index is 503. The van der Waals surface area contributed by atoms with Crippen molar-refractivity contribution in [1.82, 2.24) is 5.32 Å². The molecule has 0 aromatic carbocycles. The van der Waals surface area contributed by atoms with Crippen LogP contribution < -0.4 is 5.32 Å². The summed E-state index contributed by atoms with van der Waals surface area (Å²) in [5.41, 5.74) is 0.458. The lowest BCUT2D eigenvalue weighted by Gasteiger charge is -2.18. The average molecular weight is 283 g/mol. The molecule has 1 aliphatic carbocycles. The van der Waals surface area contributed by atoms with E-state index in [1.54, 1.807) is 7.05 Å². The first kappa shape index (κ1) is 14.7. The quantitative estimate of drug-likeness (QED) is 0.567. The van der Waals surface area contributed by atoms with Gasteiger partial charge in [0, 0.05) is 7.05 Å². The molecule has 0 aromatic heterocycles. The fraction of sp³-hybridized carbons (Fsp3) is 0.250. The summed E-state index contributed by atoms with van der Waals surface area (Å²) in [6.45, 7) is 5.18. The van der Waals surface area contributed by atoms with Crippen LogP contribution >= 0.6 is 24.0 Å². The van der Waals surface area contributed by atoms with E-state index in [4.69, 9.17) is 17.3 Å². The first-order valence-corrected chi connectivity index (χ1v) is 6.40. The molecule has 1 heterocycles. The zero-order chi connectivity index (χ0) is 13.9. The fourth-order valence-corrected chi connectivity index (χ4v) is 2.49. The molecule has 1 saturated heterocycles. The van der Waals surface area contributed by atoms with Crippen LogP contribution in [0.4, 0.5) is 0 Å². The van der Waals surface area contributed by atoms with Gasteiger partial charge in [-0.3, -0.25) is 9.59 Å². The summed E-state index contributed by atoms with van der Waals surface area (Å²) >= 11 is 6.26. The van der Waals surface area contributed by atoms with E-state index in [-0.39, 0.29) is 28.6 Å². The van der Waals surface area contributed by atoms with Gasteiger partial charge in [0.25, 0.3) is 0 Å². The lowest BCUT2D eigenvalue weighted by molar-refractivity contribution is -0.114. The van der Waals surface area contributed by atoms with Crippen molar-refractivity contribution < 1.29 is 14.7 Å². The van der Waals surface area contributed by atoms with E-state index in [1.807, 2.05) is 13.0 Å². The van der Waals surface area contributed by atoms with E-state index < -0.39 is 0 Å². The Balaban J connectivity index is 0.000000180. The van der Waals surface area contributed by atoms with Crippen molar-refractivity contribution in [3.63, 3.8) is 0 Å². The summed E-state index contributed by atoms with van der Waals surface area (Å²) in [6.07, 6.45) is 2.27. The lowest BCUT2D eigenvalue weighted by atomic mass is 9.96. The zero-order valence-corrected chi connectivity index (χ0v) is 11.7. The highest BCUT2D eigenvalue weighted by atomic mass is 32.2. The Kier molecular flexibility index (Phi) is 4.86. The van der Waals surface area contributed by atoms with Gasteiger partial charge in [0.15, 0.2) is 11.5 Å². The maximum absolute atomic E-state index is 10.8. The highest BCUT2D eigenvalue weighted by Crippen LogP contribution is 2.29. The molecule has 0 bridgehead atoms. The maximum Gasteiger partial charge on any atom is 0.215 e. The maximum atomic E-state index is 10.8. The van der Waals surface area contributed by atoms with Crippen molar-refractivity contribution in [2.45, 2.75) is 13.3 Å². The van der Waals surface area contributed by atoms with Crippen molar-refractivity contribution in [1.29, 1.82) is 0 Å². The molecule has 6 heteroatoms. The Labute approximate surface area is 115 Å². The Morgan fingerprint density at radius 2 is 2.11 bits per heavy atom. The summed E-state index contributed by atoms with van der Waals surface area (Å²) in [5, 5.41) is 11.4. The molecule has 0 unspecified atom stereocenters. The number of rotatable bonds is 1. The number of allylic oxidation sites excluding steroid dienone is 4. The number of Topliss-reactive ketones (excluding diaryl/α,β-unsaturated/α-hetero) is 2. The Hall–Kier alpha value is -1.40. The standard InChI is InChI=1S/C6H7NO2.C6H6OS2/c1-3-5(8)4(7-2)6(3)9;1-2-5-4(7)3-6(8)9-5/h7-8H,1H2,2H3;2H,3H2,1H3/b;5-2-. The number of carbonyl (C=O) groups is 2. The third kappa shape index (κ3) is 2.88. The minimum Gasteiger partial charge on any atom is -0.505 e. The number of carbonyl (C=O) groups excluding carboxylic acids is 2. The first-order chi connectivity index (χ1) is 8.42. The topological polar surface area (TPSA) is 66.4 Å². The number of hydrogen-bond donors (Lipinski definition) is 2. The molecular weight excluding hydrogens is 270 g/mol. The monoisotopic (exact) mass is 283 g/mol. The molecule has 2 rings (SSSR count). The number of likely N-dealkylation sites (N-methyl/N-ethyl adjacent to an activating group) is 1. The summed E-state index contributed by atoms with van der Waals surface area (Å²) in [5.74, 6) is -0.0370. The van der Waals surface area contributed by atoms with E-state index in [0.717, 1.165) is 9.10 Å². The summed E-state index contributed by atoms with van der Waals surface area (Å²) in [6, 6.07) is 0. The molecule has 2 N–H and O–H groups in total. The number of thiocarbonyl (C=S) groups is 1. The second-order valence-corrected chi connectivity index (χ2v) is 5.40. The van der Waals surface area contributed by atoms with E-state index in [1.165, 1.54) is 11.8 Å². The number of aliphatic hydroxyl groups is 1. The van der Waals surface area contributed by atoms with Crippen molar-refractivity contribution in [2.24, 2.45) is 0 Å². The largest absolute Gasteiger partial charge is 0.505 e. The van der Waals surface area contributed by atoms with Gasteiger partial charge in [-0.25, -0.2) is 0 Å². The van der Waals surface area contributed by atoms with Crippen LogP contribution in [0, 0.1) is 0 Å². The van der Waals surface area contributed by atoms with Crippen molar-refractivity contribution >= 4 is 39.7 Å². The smallest absolute Gasteiger partial charge is 0.215 e. The number of thioether (sulfide) groups is 1. The Morgan fingerprint density at radius 3 is 2.33 bits per heavy atom. The van der Waals surface area contributed by atoms with Gasteiger partial charge in [0.1, 0.15) is 5.70 Å². The number of ketones is 2. The van der Waals surface area contributed by atoms with Crippen molar-refractivity contribution in [2.75, 3.05) is 7.05 Å². The third-order valence-electron chi connectivity index (χ3n) is 2.34. The SMILES string of the molecule is C/C=C1\SC(=S)CC1=O.C=C1C(=O)C(NC)=C1O. The van der Waals surface area contributed by atoms with Crippen molar-refractivity contribution in [3.05, 3.63) is 34.6 Å². The lowest BCUT2D eigenvalue weighted by Crippen LogP contribution is -2.29. The van der Waals surface area contributed by atoms with Gasteiger partial charge in [-0.1, -0.05) is 36.6 Å². The molecule has 0 saturated carbocycles. The van der Waals surface area contributed by atoms with Crippen LogP contribution in [0.5, 0.6) is 0 Å². The second-order valence-electron chi connectivity index (χ2n) is 3.51. The van der Waals surface area contributed by atoms with Crippen LogP contribution in [-0.4, -0.2) is 27.9 Å². The van der Waals surface area contributed by atoms with Crippen molar-refractivity contribution in [3.8, 4) is 0 Å². The highest BCUT2D eigenvalue weighted by molar-refractivity contribution is 8.27. The van der Waals surface area contributed by atoms with Crippen LogP contribution in [0.25, 0.3) is 0 Å². The van der Waals surface area contributed by atoms with Crippen LogP contribution in [-0.2, 0) is 9.59 Å². The van der Waals surface area contributed by atoms with E-state index >= 15 is 0 Å². The van der Waals surface area contributed by atoms with E-state index in [9.17, 15) is 9.59 Å². The van der Waals surface area contributed by atoms with Crippen LogP contribution in [0.1, 0.15) is 13.3 Å². The zero-order valence-electron chi connectivity index (χ0n) is 10.1. The average Bonchev–Trinajstić information content (AvgIpc) is 2.68. The molecule has 1 fully saturated rings. The summed E-state index contributed by atoms with van der Waals surface area (Å²) in [7, 11) is 1.58. The molecule has 96 valence electrons. The molecule has 0 aromatic rings. The predicted octanol–water partition coefficient (Wildman–Crippen LogP) is 2.04. The Morgan fingerprint density at radius 1 is 1.50 bits per heavy atom. The fourth-order valence-electron chi connectivity index (χ4n) is 1.34. The minimum absolute atomic E-state index is 0.0116. The molecule has 0 spiro atoms. The molecule has 4 nitrogen and oxygen atoms in total. The van der Waals surface area contributed by atoms with Crippen LogP contribution in [0.3, 0.4) is 0 Å².